The van der Waals surface area contributed by atoms with Gasteiger partial charge in [0.05, 0.1) is 11.6 Å². The molecule has 1 aromatic carbocycles. The Bertz CT molecular complexity index is 739. The molecule has 2 rings (SSSR count). The van der Waals surface area contributed by atoms with Gasteiger partial charge in [0.2, 0.25) is 0 Å². The van der Waals surface area contributed by atoms with Crippen molar-refractivity contribution in [2.75, 3.05) is 0 Å². The van der Waals surface area contributed by atoms with E-state index in [1.165, 1.54) is 6.08 Å². The van der Waals surface area contributed by atoms with Crippen LogP contribution in [0, 0.1) is 11.3 Å². The molecule has 0 bridgehead atoms. The average molecular weight is 291 g/mol. The second-order valence-corrected chi connectivity index (χ2v) is 4.41. The third kappa shape index (κ3) is 4.39. The van der Waals surface area contributed by atoms with Gasteiger partial charge in [-0.3, -0.25) is 0 Å². The monoisotopic (exact) mass is 291 g/mol. The molecule has 1 heterocycles. The summed E-state index contributed by atoms with van der Waals surface area (Å²) in [6, 6.07) is 9.28. The summed E-state index contributed by atoms with van der Waals surface area (Å²) in [5, 5.41) is 17.2. The van der Waals surface area contributed by atoms with Gasteiger partial charge in [-0.2, -0.15) is 5.26 Å². The van der Waals surface area contributed by atoms with Crippen molar-refractivity contribution in [1.29, 1.82) is 5.26 Å². The quantitative estimate of drug-likeness (QED) is 0.676. The molecule has 22 heavy (non-hydrogen) atoms. The molecule has 1 N–H and O–H groups in total. The summed E-state index contributed by atoms with van der Waals surface area (Å²) < 4.78 is 0. The van der Waals surface area contributed by atoms with Gasteiger partial charge in [0.15, 0.2) is 0 Å². The molecule has 108 valence electrons. The van der Waals surface area contributed by atoms with E-state index in [2.05, 4.69) is 16.0 Å². The van der Waals surface area contributed by atoms with Gasteiger partial charge in [-0.05, 0) is 17.7 Å². The Morgan fingerprint density at radius 1 is 1.14 bits per heavy atom. The Kier molecular flexibility index (Phi) is 5.16. The molecular formula is C17H13N3O2. The van der Waals surface area contributed by atoms with Gasteiger partial charge >= 0.3 is 5.97 Å². The molecule has 0 aliphatic rings. The van der Waals surface area contributed by atoms with Crippen LogP contribution in [0.4, 0.5) is 0 Å². The van der Waals surface area contributed by atoms with Crippen LogP contribution in [0.3, 0.4) is 0 Å². The number of hydrogen-bond donors (Lipinski definition) is 1. The van der Waals surface area contributed by atoms with Gasteiger partial charge < -0.3 is 5.11 Å². The SMILES string of the molecule is N#Cc1ccc(-c2cnc(C/C=C/C=C/C(=O)O)nc2)cc1. The lowest BCUT2D eigenvalue weighted by molar-refractivity contribution is -0.131. The number of rotatable bonds is 5. The molecule has 0 saturated carbocycles. The topological polar surface area (TPSA) is 86.9 Å². The van der Waals surface area contributed by atoms with E-state index in [0.717, 1.165) is 17.2 Å². The Balaban J connectivity index is 2.00. The van der Waals surface area contributed by atoms with Gasteiger partial charge in [0.1, 0.15) is 5.82 Å². The number of carbonyl (C=O) groups is 1. The Hall–Kier alpha value is -3.26. The molecule has 5 nitrogen and oxygen atoms in total. The van der Waals surface area contributed by atoms with Crippen molar-refractivity contribution in [3.05, 3.63) is 72.4 Å². The minimum absolute atomic E-state index is 0.525. The van der Waals surface area contributed by atoms with E-state index in [-0.39, 0.29) is 0 Å². The standard InChI is InChI=1S/C17H13N3O2/c18-10-13-6-8-14(9-7-13)15-11-19-16(20-12-15)4-2-1-3-5-17(21)22/h1-3,5-9,11-12H,4H2,(H,21,22)/b2-1+,5-3+. The highest BCUT2D eigenvalue weighted by Gasteiger charge is 2.00. The summed E-state index contributed by atoms with van der Waals surface area (Å²) in [5.74, 6) is -0.329. The zero-order valence-electron chi connectivity index (χ0n) is 11.7. The number of carboxylic acid groups (broad SMARTS) is 1. The smallest absolute Gasteiger partial charge is 0.328 e. The fraction of sp³-hybridized carbons (Fsp3) is 0.0588. The maximum atomic E-state index is 10.3. The van der Waals surface area contributed by atoms with Gasteiger partial charge in [0.25, 0.3) is 0 Å². The summed E-state index contributed by atoms with van der Waals surface area (Å²) >= 11 is 0. The molecule has 0 unspecified atom stereocenters. The van der Waals surface area contributed by atoms with Crippen molar-refractivity contribution in [1.82, 2.24) is 9.97 Å². The van der Waals surface area contributed by atoms with Crippen molar-refractivity contribution in [3.63, 3.8) is 0 Å². The summed E-state index contributed by atoms with van der Waals surface area (Å²) in [6.45, 7) is 0. The number of aromatic nitrogens is 2. The van der Waals surface area contributed by atoms with E-state index in [0.29, 0.717) is 17.8 Å². The number of nitrogens with zero attached hydrogens (tertiary/aromatic N) is 3. The first-order valence-electron chi connectivity index (χ1n) is 6.56. The van der Waals surface area contributed by atoms with Crippen molar-refractivity contribution in [2.45, 2.75) is 6.42 Å². The lowest BCUT2D eigenvalue weighted by Gasteiger charge is -2.01. The lowest BCUT2D eigenvalue weighted by Crippen LogP contribution is -1.93. The van der Waals surface area contributed by atoms with E-state index in [4.69, 9.17) is 10.4 Å². The van der Waals surface area contributed by atoms with E-state index < -0.39 is 5.97 Å². The van der Waals surface area contributed by atoms with Crippen LogP contribution >= 0.6 is 0 Å². The molecule has 1 aromatic heterocycles. The van der Waals surface area contributed by atoms with Crippen molar-refractivity contribution < 1.29 is 9.90 Å². The highest BCUT2D eigenvalue weighted by molar-refractivity contribution is 5.80. The van der Waals surface area contributed by atoms with Gasteiger partial charge in [-0.15, -0.1) is 0 Å². The first-order valence-corrected chi connectivity index (χ1v) is 6.56. The average Bonchev–Trinajstić information content (AvgIpc) is 2.55. The van der Waals surface area contributed by atoms with Crippen LogP contribution in [0.15, 0.2) is 61.0 Å². The fourth-order valence-electron chi connectivity index (χ4n) is 1.74. The number of aliphatic carboxylic acids is 1. The lowest BCUT2D eigenvalue weighted by atomic mass is 10.1. The number of nitriles is 1. The predicted octanol–water partition coefficient (Wildman–Crippen LogP) is 2.75. The second kappa shape index (κ2) is 7.50. The highest BCUT2D eigenvalue weighted by atomic mass is 16.4. The number of carboxylic acids is 1. The summed E-state index contributed by atoms with van der Waals surface area (Å²) in [5.41, 5.74) is 2.44. The number of benzene rings is 1. The van der Waals surface area contributed by atoms with Crippen molar-refractivity contribution >= 4 is 5.97 Å². The van der Waals surface area contributed by atoms with Crippen molar-refractivity contribution in [2.24, 2.45) is 0 Å². The van der Waals surface area contributed by atoms with Gasteiger partial charge in [-0.1, -0.05) is 30.4 Å². The van der Waals surface area contributed by atoms with Crippen LogP contribution in [0.5, 0.6) is 0 Å². The molecule has 0 atom stereocenters. The predicted molar refractivity (Wildman–Crippen MR) is 81.8 cm³/mol. The third-order valence-electron chi connectivity index (χ3n) is 2.84. The second-order valence-electron chi connectivity index (χ2n) is 4.41. The number of hydrogen-bond acceptors (Lipinski definition) is 4. The van der Waals surface area contributed by atoms with E-state index >= 15 is 0 Å². The molecule has 0 radical (unpaired) electrons. The van der Waals surface area contributed by atoms with Crippen LogP contribution in [0.25, 0.3) is 11.1 Å². The summed E-state index contributed by atoms with van der Waals surface area (Å²) in [6.07, 6.45) is 9.92. The zero-order valence-corrected chi connectivity index (χ0v) is 11.7. The van der Waals surface area contributed by atoms with Crippen LogP contribution in [0.2, 0.25) is 0 Å². The molecule has 5 heteroatoms. The van der Waals surface area contributed by atoms with Gasteiger partial charge in [-0.25, -0.2) is 14.8 Å². The molecule has 0 aliphatic carbocycles. The van der Waals surface area contributed by atoms with Crippen LogP contribution in [0.1, 0.15) is 11.4 Å². The van der Waals surface area contributed by atoms with Crippen molar-refractivity contribution in [3.8, 4) is 17.2 Å². The fourth-order valence-corrected chi connectivity index (χ4v) is 1.74. The van der Waals surface area contributed by atoms with E-state index in [1.54, 1.807) is 36.7 Å². The number of allylic oxidation sites excluding steroid dienone is 3. The molecule has 0 amide bonds. The minimum atomic E-state index is -0.979. The van der Waals surface area contributed by atoms with Crippen LogP contribution < -0.4 is 0 Å². The van der Waals surface area contributed by atoms with Gasteiger partial charge in [0, 0.05) is 30.5 Å². The molecule has 2 aromatic rings. The Morgan fingerprint density at radius 3 is 2.41 bits per heavy atom. The molecule has 0 saturated heterocycles. The maximum absolute atomic E-state index is 10.3. The minimum Gasteiger partial charge on any atom is -0.478 e. The maximum Gasteiger partial charge on any atom is 0.328 e. The normalized spacial score (nSPS) is 10.9. The summed E-state index contributed by atoms with van der Waals surface area (Å²) in [4.78, 5) is 18.8. The Labute approximate surface area is 127 Å². The zero-order chi connectivity index (χ0) is 15.8. The molecule has 0 fully saturated rings. The molecular weight excluding hydrogens is 278 g/mol. The Morgan fingerprint density at radius 2 is 1.82 bits per heavy atom. The largest absolute Gasteiger partial charge is 0.478 e. The third-order valence-corrected chi connectivity index (χ3v) is 2.84. The first-order chi connectivity index (χ1) is 10.7. The van der Waals surface area contributed by atoms with E-state index in [1.807, 2.05) is 12.1 Å². The summed E-state index contributed by atoms with van der Waals surface area (Å²) in [7, 11) is 0. The van der Waals surface area contributed by atoms with Crippen LogP contribution in [-0.4, -0.2) is 21.0 Å². The van der Waals surface area contributed by atoms with E-state index in [9.17, 15) is 4.79 Å². The highest BCUT2D eigenvalue weighted by Crippen LogP contribution is 2.17. The molecule has 0 aliphatic heterocycles. The van der Waals surface area contributed by atoms with Crippen LogP contribution in [-0.2, 0) is 11.2 Å². The first kappa shape index (κ1) is 15.1. The molecule has 0 spiro atoms.